The summed E-state index contributed by atoms with van der Waals surface area (Å²) in [5, 5.41) is 18.8. The van der Waals surface area contributed by atoms with Crippen LogP contribution < -0.4 is 26.4 Å². The quantitative estimate of drug-likeness (QED) is 0.121. The number of rotatable bonds is 18. The molecule has 6 N–H and O–H groups in total. The first-order chi connectivity index (χ1) is 20.6. The number of aliphatic hydroxyl groups excluding tert-OH is 1. The van der Waals surface area contributed by atoms with Gasteiger partial charge in [0.2, 0.25) is 11.9 Å². The number of hydrogen-bond donors (Lipinski definition) is 5. The molecule has 0 spiro atoms. The van der Waals surface area contributed by atoms with E-state index in [9.17, 15) is 14.7 Å². The van der Waals surface area contributed by atoms with Gasteiger partial charge in [-0.15, -0.1) is 0 Å². The highest BCUT2D eigenvalue weighted by Gasteiger charge is 2.18. The van der Waals surface area contributed by atoms with Crippen LogP contribution in [-0.2, 0) is 11.2 Å². The van der Waals surface area contributed by atoms with E-state index in [1.807, 2.05) is 19.9 Å². The Bertz CT molecular complexity index is 1270. The zero-order chi connectivity index (χ0) is 31.8. The van der Waals surface area contributed by atoms with E-state index in [4.69, 9.17) is 10.5 Å². The minimum Gasteiger partial charge on any atom is -0.496 e. The van der Waals surface area contributed by atoms with Gasteiger partial charge in [-0.1, -0.05) is 42.7 Å². The number of nitrogens with zero attached hydrogens (tertiary/aromatic N) is 2. The maximum absolute atomic E-state index is 12.8. The molecule has 0 bridgehead atoms. The molecular formula is C33H50N6O4. The number of ether oxygens (including phenoxy) is 1. The summed E-state index contributed by atoms with van der Waals surface area (Å²) in [5.74, 6) is 1.00. The lowest BCUT2D eigenvalue weighted by atomic mass is 10.0. The van der Waals surface area contributed by atoms with E-state index in [-0.39, 0.29) is 30.4 Å². The predicted octanol–water partition coefficient (Wildman–Crippen LogP) is 4.86. The highest BCUT2D eigenvalue weighted by Crippen LogP contribution is 2.28. The number of benzene rings is 1. The molecule has 1 heterocycles. The van der Waals surface area contributed by atoms with Crippen LogP contribution >= 0.6 is 0 Å². The van der Waals surface area contributed by atoms with Gasteiger partial charge in [-0.05, 0) is 71.1 Å². The maximum atomic E-state index is 12.8. The van der Waals surface area contributed by atoms with Crippen LogP contribution in [0.3, 0.4) is 0 Å². The molecule has 10 heteroatoms. The number of nitrogen functional groups attached to an aromatic ring is 1. The van der Waals surface area contributed by atoms with Crippen LogP contribution in [0.15, 0.2) is 41.5 Å². The first-order valence-corrected chi connectivity index (χ1v) is 15.1. The number of allylic oxidation sites excluding steroid dienone is 4. The monoisotopic (exact) mass is 594 g/mol. The molecule has 0 aliphatic rings. The van der Waals surface area contributed by atoms with Crippen LogP contribution in [0.5, 0.6) is 5.75 Å². The number of carbonyl (C=O) groups is 2. The van der Waals surface area contributed by atoms with E-state index in [2.05, 4.69) is 58.8 Å². The molecule has 2 rings (SSSR count). The van der Waals surface area contributed by atoms with Crippen LogP contribution in [0.1, 0.15) is 93.4 Å². The van der Waals surface area contributed by atoms with E-state index in [1.165, 1.54) is 11.1 Å². The summed E-state index contributed by atoms with van der Waals surface area (Å²) in [6, 6.07) is 5.14. The van der Waals surface area contributed by atoms with Crippen molar-refractivity contribution < 1.29 is 19.4 Å². The Balaban J connectivity index is 1.95. The lowest BCUT2D eigenvalue weighted by Crippen LogP contribution is -2.34. The molecular weight excluding hydrogens is 544 g/mol. The second-order valence-electron chi connectivity index (χ2n) is 10.8. The predicted molar refractivity (Wildman–Crippen MR) is 173 cm³/mol. The molecule has 0 aliphatic heterocycles. The number of aryl methyl sites for hydroxylation is 1. The zero-order valence-corrected chi connectivity index (χ0v) is 26.7. The number of nitrogens with two attached hydrogens (primary N) is 1. The van der Waals surface area contributed by atoms with E-state index >= 15 is 0 Å². The number of aromatic nitrogens is 2. The van der Waals surface area contributed by atoms with E-state index < -0.39 is 0 Å². The smallest absolute Gasteiger partial charge is 0.251 e. The third kappa shape index (κ3) is 12.1. The lowest BCUT2D eigenvalue weighted by molar-refractivity contribution is -0.121. The Labute approximate surface area is 256 Å². The average molecular weight is 595 g/mol. The molecule has 1 aromatic carbocycles. The Morgan fingerprint density at radius 2 is 1.84 bits per heavy atom. The van der Waals surface area contributed by atoms with Gasteiger partial charge in [0.1, 0.15) is 11.6 Å². The van der Waals surface area contributed by atoms with Gasteiger partial charge < -0.3 is 31.5 Å². The Kier molecular flexibility index (Phi) is 15.2. The molecule has 0 saturated carbocycles. The highest BCUT2D eigenvalue weighted by molar-refractivity contribution is 5.94. The van der Waals surface area contributed by atoms with Crippen LogP contribution in [-0.4, -0.2) is 59.7 Å². The van der Waals surface area contributed by atoms with Gasteiger partial charge in [0.15, 0.2) is 0 Å². The molecule has 2 aromatic rings. The normalized spacial score (nSPS) is 12.5. The molecule has 0 radical (unpaired) electrons. The molecule has 1 atom stereocenters. The Hall–Kier alpha value is -3.92. The molecule has 1 aromatic heterocycles. The van der Waals surface area contributed by atoms with Gasteiger partial charge in [-0.25, -0.2) is 4.98 Å². The number of aliphatic hydroxyl groups is 1. The van der Waals surface area contributed by atoms with E-state index in [1.54, 1.807) is 19.2 Å². The molecule has 43 heavy (non-hydrogen) atoms. The van der Waals surface area contributed by atoms with Crippen LogP contribution in [0, 0.1) is 6.92 Å². The molecule has 0 aliphatic carbocycles. The standard InChI is InChI=1S/C33H50N6O4/c1-7-10-27(21-40)38-31-28(24(5)37-33(34)39-31)19-25-14-15-26(20-29(25)43-6)32(42)36-18-17-35-30(41)16-13-23(4)12-9-11-22(3)8-2/h8,12,14-15,20,27,40H,7,9-11,13,16-19,21H2,1-6H3,(H,35,41)(H,36,42)(H3,34,37,38,39)/b22-8+,23-12+/t27-/m0/s1. The summed E-state index contributed by atoms with van der Waals surface area (Å²) >= 11 is 0. The summed E-state index contributed by atoms with van der Waals surface area (Å²) in [7, 11) is 1.56. The fourth-order valence-corrected chi connectivity index (χ4v) is 4.59. The van der Waals surface area contributed by atoms with Crippen molar-refractivity contribution in [2.75, 3.05) is 37.9 Å². The fourth-order valence-electron chi connectivity index (χ4n) is 4.59. The average Bonchev–Trinajstić information content (AvgIpc) is 2.99. The van der Waals surface area contributed by atoms with Gasteiger partial charge in [0, 0.05) is 42.8 Å². The van der Waals surface area contributed by atoms with Crippen molar-refractivity contribution in [3.05, 3.63) is 63.9 Å². The summed E-state index contributed by atoms with van der Waals surface area (Å²) in [6.07, 6.45) is 9.62. The topological polar surface area (TPSA) is 151 Å². The van der Waals surface area contributed by atoms with Crippen molar-refractivity contribution in [2.24, 2.45) is 0 Å². The third-order valence-corrected chi connectivity index (χ3v) is 7.35. The van der Waals surface area contributed by atoms with Crippen molar-refractivity contribution in [1.29, 1.82) is 0 Å². The highest BCUT2D eigenvalue weighted by atomic mass is 16.5. The van der Waals surface area contributed by atoms with Crippen LogP contribution in [0.2, 0.25) is 0 Å². The number of anilines is 2. The Morgan fingerprint density at radius 1 is 1.09 bits per heavy atom. The largest absolute Gasteiger partial charge is 0.496 e. The van der Waals surface area contributed by atoms with Crippen molar-refractivity contribution >= 4 is 23.6 Å². The molecule has 236 valence electrons. The van der Waals surface area contributed by atoms with Crippen LogP contribution in [0.4, 0.5) is 11.8 Å². The van der Waals surface area contributed by atoms with Crippen LogP contribution in [0.25, 0.3) is 0 Å². The van der Waals surface area contributed by atoms with Gasteiger partial charge >= 0.3 is 0 Å². The second-order valence-corrected chi connectivity index (χ2v) is 10.8. The molecule has 0 unspecified atom stereocenters. The van der Waals surface area contributed by atoms with Crippen molar-refractivity contribution in [3.8, 4) is 5.75 Å². The van der Waals surface area contributed by atoms with E-state index in [0.717, 1.165) is 48.9 Å². The maximum Gasteiger partial charge on any atom is 0.251 e. The molecule has 0 saturated heterocycles. The van der Waals surface area contributed by atoms with E-state index in [0.29, 0.717) is 43.1 Å². The number of methoxy groups -OCH3 is 1. The van der Waals surface area contributed by atoms with Crippen molar-refractivity contribution in [1.82, 2.24) is 20.6 Å². The second kappa shape index (κ2) is 18.6. The minimum absolute atomic E-state index is 0.0266. The fraction of sp³-hybridized carbons (Fsp3) is 0.515. The summed E-state index contributed by atoms with van der Waals surface area (Å²) in [6.45, 7) is 10.8. The number of hydrogen-bond acceptors (Lipinski definition) is 8. The number of nitrogens with one attached hydrogen (secondary N) is 3. The first kappa shape index (κ1) is 35.3. The number of amides is 2. The SMILES string of the molecule is C/C=C(\C)CC/C=C(\C)CCC(=O)NCCNC(=O)c1ccc(Cc2c(C)nc(N)nc2N[C@H](CO)CCC)c(OC)c1. The first-order valence-electron chi connectivity index (χ1n) is 15.1. The van der Waals surface area contributed by atoms with Crippen molar-refractivity contribution in [3.63, 3.8) is 0 Å². The molecule has 10 nitrogen and oxygen atoms in total. The third-order valence-electron chi connectivity index (χ3n) is 7.35. The van der Waals surface area contributed by atoms with Gasteiger partial charge in [0.05, 0.1) is 19.8 Å². The van der Waals surface area contributed by atoms with Gasteiger partial charge in [0.25, 0.3) is 5.91 Å². The lowest BCUT2D eigenvalue weighted by Gasteiger charge is -2.20. The summed E-state index contributed by atoms with van der Waals surface area (Å²) in [4.78, 5) is 33.8. The molecule has 2 amide bonds. The van der Waals surface area contributed by atoms with Gasteiger partial charge in [-0.3, -0.25) is 9.59 Å². The zero-order valence-electron chi connectivity index (χ0n) is 26.7. The Morgan fingerprint density at radius 3 is 2.51 bits per heavy atom. The number of carbonyl (C=O) groups excluding carboxylic acids is 2. The minimum atomic E-state index is -0.256. The summed E-state index contributed by atoms with van der Waals surface area (Å²) < 4.78 is 5.63. The van der Waals surface area contributed by atoms with Crippen molar-refractivity contribution in [2.45, 2.75) is 85.6 Å². The molecule has 0 fully saturated rings. The summed E-state index contributed by atoms with van der Waals surface area (Å²) in [5.41, 5.74) is 11.4. The van der Waals surface area contributed by atoms with Gasteiger partial charge in [-0.2, -0.15) is 4.98 Å².